The van der Waals surface area contributed by atoms with Gasteiger partial charge in [-0.1, -0.05) is 38.1 Å². The molecule has 0 amide bonds. The minimum Gasteiger partial charge on any atom is -0.383 e. The zero-order valence-electron chi connectivity index (χ0n) is 25.3. The Balaban J connectivity index is 1.50. The van der Waals surface area contributed by atoms with Crippen LogP contribution in [0.1, 0.15) is 67.6 Å². The van der Waals surface area contributed by atoms with Crippen LogP contribution in [0.5, 0.6) is 0 Å². The average molecular weight is 608 g/mol. The molecule has 1 saturated carbocycles. The Morgan fingerprint density at radius 3 is 2.44 bits per heavy atom. The topological polar surface area (TPSA) is 146 Å². The van der Waals surface area contributed by atoms with Gasteiger partial charge in [0.2, 0.25) is 0 Å². The summed E-state index contributed by atoms with van der Waals surface area (Å²) in [5.74, 6) is 0. The van der Waals surface area contributed by atoms with E-state index in [1.165, 1.54) is 10.9 Å². The molecule has 5 aromatic rings. The first-order valence-electron chi connectivity index (χ1n) is 14.5. The third-order valence-electron chi connectivity index (χ3n) is 8.11. The van der Waals surface area contributed by atoms with Crippen LogP contribution in [-0.2, 0) is 5.54 Å². The summed E-state index contributed by atoms with van der Waals surface area (Å²) >= 11 is 0. The number of aromatic nitrogens is 7. The van der Waals surface area contributed by atoms with E-state index < -0.39 is 18.0 Å². The van der Waals surface area contributed by atoms with Gasteiger partial charge in [0, 0.05) is 23.8 Å². The Labute approximate surface area is 258 Å². The normalized spacial score (nSPS) is 14.6. The first kappa shape index (κ1) is 29.6. The van der Waals surface area contributed by atoms with E-state index in [1.54, 1.807) is 29.5 Å². The third kappa shape index (κ3) is 5.53. The van der Waals surface area contributed by atoms with Crippen LogP contribution in [0, 0.1) is 35.0 Å². The van der Waals surface area contributed by atoms with Gasteiger partial charge in [-0.3, -0.25) is 9.55 Å². The zero-order chi connectivity index (χ0) is 31.9. The third-order valence-corrected chi connectivity index (χ3v) is 8.11. The maximum atomic E-state index is 14.0. The number of fused-ring (bicyclic) bond motifs is 1. The van der Waals surface area contributed by atoms with Gasteiger partial charge in [0.1, 0.15) is 36.0 Å². The number of rotatable bonds is 9. The number of nitrogens with one attached hydrogen (secondary N) is 2. The maximum absolute atomic E-state index is 14.0. The molecule has 0 saturated heterocycles. The van der Waals surface area contributed by atoms with Gasteiger partial charge in [0.15, 0.2) is 0 Å². The molecule has 3 heterocycles. The number of hydrogen-bond donors (Lipinski definition) is 2. The van der Waals surface area contributed by atoms with E-state index in [1.807, 2.05) is 31.2 Å². The van der Waals surface area contributed by atoms with Crippen molar-refractivity contribution in [3.63, 3.8) is 0 Å². The van der Waals surface area contributed by atoms with Crippen molar-refractivity contribution in [1.82, 2.24) is 34.7 Å². The number of halogens is 2. The molecule has 1 aliphatic carbocycles. The number of pyridine rings is 1. The van der Waals surface area contributed by atoms with Crippen LogP contribution in [0.2, 0.25) is 0 Å². The second kappa shape index (κ2) is 11.2. The van der Waals surface area contributed by atoms with Gasteiger partial charge in [-0.15, -0.1) is 15.3 Å². The van der Waals surface area contributed by atoms with Crippen LogP contribution in [0.15, 0.2) is 55.4 Å². The Morgan fingerprint density at radius 1 is 1.07 bits per heavy atom. The highest BCUT2D eigenvalue weighted by Gasteiger charge is 2.54. The van der Waals surface area contributed by atoms with Crippen LogP contribution < -0.4 is 10.6 Å². The molecule has 1 atom stereocenters. The van der Waals surface area contributed by atoms with E-state index in [9.17, 15) is 19.3 Å². The largest absolute Gasteiger partial charge is 0.383 e. The molecule has 3 aromatic heterocycles. The van der Waals surface area contributed by atoms with Crippen LogP contribution in [0.3, 0.4) is 0 Å². The van der Waals surface area contributed by atoms with Crippen molar-refractivity contribution in [1.29, 1.82) is 10.5 Å². The lowest BCUT2D eigenvalue weighted by Crippen LogP contribution is -2.26. The van der Waals surface area contributed by atoms with Gasteiger partial charge in [0.05, 0.1) is 40.3 Å². The lowest BCUT2D eigenvalue weighted by atomic mass is 9.95. The van der Waals surface area contributed by atoms with Gasteiger partial charge in [-0.05, 0) is 54.5 Å². The predicted octanol–water partition coefficient (Wildman–Crippen LogP) is 5.87. The van der Waals surface area contributed by atoms with Crippen LogP contribution in [0.25, 0.3) is 16.6 Å². The molecule has 6 rings (SSSR count). The molecule has 45 heavy (non-hydrogen) atoms. The molecule has 1 fully saturated rings. The van der Waals surface area contributed by atoms with Gasteiger partial charge in [-0.25, -0.2) is 13.5 Å². The van der Waals surface area contributed by atoms with E-state index in [0.29, 0.717) is 58.5 Å². The van der Waals surface area contributed by atoms with Crippen LogP contribution in [-0.4, -0.2) is 47.7 Å². The molecule has 2 N–H and O–H groups in total. The number of nitriles is 2. The highest BCUT2D eigenvalue weighted by Crippen LogP contribution is 2.48. The minimum atomic E-state index is -2.57. The van der Waals surface area contributed by atoms with E-state index in [0.717, 1.165) is 16.8 Å². The molecule has 0 spiro atoms. The molecule has 0 bridgehead atoms. The fraction of sp³-hybridized carbons (Fsp3) is 0.344. The summed E-state index contributed by atoms with van der Waals surface area (Å²) < 4.78 is 31.1. The summed E-state index contributed by atoms with van der Waals surface area (Å²) in [6.07, 6.45) is 4.30. The fourth-order valence-corrected chi connectivity index (χ4v) is 5.44. The molecule has 0 aliphatic heterocycles. The van der Waals surface area contributed by atoms with E-state index in [-0.39, 0.29) is 5.41 Å². The van der Waals surface area contributed by atoms with Crippen molar-refractivity contribution in [2.24, 2.45) is 5.41 Å². The number of alkyl halides is 2. The highest BCUT2D eigenvalue weighted by molar-refractivity contribution is 5.99. The molecule has 2 aromatic carbocycles. The number of hydrogen-bond acceptors (Lipinski definition) is 9. The quantitative estimate of drug-likeness (QED) is 0.210. The van der Waals surface area contributed by atoms with Crippen molar-refractivity contribution < 1.29 is 8.78 Å². The fourth-order valence-electron chi connectivity index (χ4n) is 5.44. The maximum Gasteiger partial charge on any atom is 0.263 e. The Bertz CT molecular complexity index is 1960. The summed E-state index contributed by atoms with van der Waals surface area (Å²) in [5.41, 5.74) is 3.77. The standard InChI is InChI=1S/C32H31F2N11/c1-19-23(6-5-7-26(19)44-17-39-40-18-44)29(25-15-45(43-42-25)32(8-9-32)30(33)34)41-22-10-20(12-35)27-24(11-22)28(21(13-36)14-37-27)38-16-31(2,3)4/h5-7,10-11,14-15,17-18,29-30,41H,8-9,16H2,1-4H3,(H,37,38). The van der Waals surface area contributed by atoms with Crippen LogP contribution >= 0.6 is 0 Å². The Hall–Kier alpha value is -5.43. The highest BCUT2D eigenvalue weighted by atomic mass is 19.3. The summed E-state index contributed by atoms with van der Waals surface area (Å²) in [7, 11) is 0. The molecular formula is C32H31F2N11. The van der Waals surface area contributed by atoms with E-state index in [2.05, 4.69) is 69.0 Å². The predicted molar refractivity (Wildman–Crippen MR) is 164 cm³/mol. The zero-order valence-corrected chi connectivity index (χ0v) is 25.3. The van der Waals surface area contributed by atoms with Crippen molar-refractivity contribution in [2.75, 3.05) is 17.2 Å². The van der Waals surface area contributed by atoms with Crippen molar-refractivity contribution in [2.45, 2.75) is 58.5 Å². The first-order chi connectivity index (χ1) is 21.5. The second-order valence-corrected chi connectivity index (χ2v) is 12.5. The van der Waals surface area contributed by atoms with E-state index in [4.69, 9.17) is 0 Å². The van der Waals surface area contributed by atoms with Gasteiger partial charge in [-0.2, -0.15) is 10.5 Å². The molecule has 1 aliphatic rings. The van der Waals surface area contributed by atoms with Crippen molar-refractivity contribution >= 4 is 22.3 Å². The number of benzene rings is 2. The minimum absolute atomic E-state index is 0.0857. The number of nitrogens with zero attached hydrogens (tertiary/aromatic N) is 9. The van der Waals surface area contributed by atoms with Crippen molar-refractivity contribution in [3.05, 3.63) is 83.3 Å². The molecule has 228 valence electrons. The Morgan fingerprint density at radius 2 is 1.80 bits per heavy atom. The second-order valence-electron chi connectivity index (χ2n) is 12.5. The van der Waals surface area contributed by atoms with Gasteiger partial charge < -0.3 is 10.6 Å². The molecule has 11 nitrogen and oxygen atoms in total. The molecular weight excluding hydrogens is 576 g/mol. The van der Waals surface area contributed by atoms with Crippen molar-refractivity contribution in [3.8, 4) is 17.8 Å². The lowest BCUT2D eigenvalue weighted by molar-refractivity contribution is 0.0593. The van der Waals surface area contributed by atoms with Crippen LogP contribution in [0.4, 0.5) is 20.2 Å². The molecule has 13 heteroatoms. The summed E-state index contributed by atoms with van der Waals surface area (Å²) in [6.45, 7) is 8.77. The van der Waals surface area contributed by atoms with Gasteiger partial charge >= 0.3 is 0 Å². The molecule has 1 unspecified atom stereocenters. The average Bonchev–Trinajstić information content (AvgIpc) is 3.39. The van der Waals surface area contributed by atoms with Gasteiger partial charge in [0.25, 0.3) is 6.43 Å². The van der Waals surface area contributed by atoms with E-state index >= 15 is 0 Å². The SMILES string of the molecule is Cc1c(C(Nc2cc(C#N)c3ncc(C#N)c(NCC(C)(C)C)c3c2)c2cn(C3(C(F)F)CC3)nn2)cccc1-n1cnnc1. The Kier molecular flexibility index (Phi) is 7.41. The number of anilines is 2. The summed E-state index contributed by atoms with van der Waals surface area (Å²) in [6, 6.07) is 13.1. The summed E-state index contributed by atoms with van der Waals surface area (Å²) in [4.78, 5) is 4.45. The smallest absolute Gasteiger partial charge is 0.263 e. The monoisotopic (exact) mass is 607 g/mol. The first-order valence-corrected chi connectivity index (χ1v) is 14.5. The summed E-state index contributed by atoms with van der Waals surface area (Å²) in [5, 5.41) is 43.9. The lowest BCUT2D eigenvalue weighted by Gasteiger charge is -2.23. The molecule has 0 radical (unpaired) electrons.